The van der Waals surface area contributed by atoms with E-state index in [0.717, 1.165) is 21.2 Å². The third kappa shape index (κ3) is 5.04. The molecule has 0 saturated heterocycles. The van der Waals surface area contributed by atoms with Gasteiger partial charge in [-0.2, -0.15) is 22.7 Å². The predicted molar refractivity (Wildman–Crippen MR) is 116 cm³/mol. The molecule has 0 spiro atoms. The number of aliphatic hydroxyl groups excluding tert-OH is 2. The van der Waals surface area contributed by atoms with Gasteiger partial charge in [-0.15, -0.1) is 0 Å². The molecule has 11 nitrogen and oxygen atoms in total. The van der Waals surface area contributed by atoms with Crippen LogP contribution >= 0.6 is 0 Å². The number of carbonyl (C=O) groups is 1. The Labute approximate surface area is 199 Å². The molecule has 1 aliphatic rings. The van der Waals surface area contributed by atoms with Gasteiger partial charge in [-0.1, -0.05) is 18.2 Å². The average molecular weight is 512 g/mol. The Bertz CT molecular complexity index is 1290. The van der Waals surface area contributed by atoms with Crippen LogP contribution in [0.5, 0.6) is 5.75 Å². The van der Waals surface area contributed by atoms with Crippen molar-refractivity contribution in [1.82, 2.24) is 23.9 Å². The van der Waals surface area contributed by atoms with Gasteiger partial charge < -0.3 is 19.8 Å². The van der Waals surface area contributed by atoms with E-state index in [9.17, 15) is 27.1 Å². The number of rotatable bonds is 10. The number of aromatic nitrogens is 4. The van der Waals surface area contributed by atoms with Gasteiger partial charge in [-0.25, -0.2) is 8.78 Å². The summed E-state index contributed by atoms with van der Waals surface area (Å²) in [6.45, 7) is -1.30. The molecule has 0 aliphatic carbocycles. The molecule has 1 aromatic carbocycles. The van der Waals surface area contributed by atoms with Crippen molar-refractivity contribution >= 4 is 15.9 Å². The zero-order valence-electron chi connectivity index (χ0n) is 18.4. The van der Waals surface area contributed by atoms with Gasteiger partial charge in [0.05, 0.1) is 37.6 Å². The molecule has 1 amide bonds. The smallest absolute Gasteiger partial charge is 0.286 e. The van der Waals surface area contributed by atoms with Crippen molar-refractivity contribution in [2.45, 2.75) is 36.9 Å². The van der Waals surface area contributed by atoms with E-state index in [0.29, 0.717) is 22.6 Å². The molecule has 1 aliphatic heterocycles. The molecule has 14 heteroatoms. The Kier molecular flexibility index (Phi) is 7.14. The molecule has 2 aromatic heterocycles. The zero-order valence-corrected chi connectivity index (χ0v) is 19.2. The summed E-state index contributed by atoms with van der Waals surface area (Å²) in [5.74, 6) is -0.951. The van der Waals surface area contributed by atoms with Crippen LogP contribution in [-0.4, -0.2) is 74.7 Å². The van der Waals surface area contributed by atoms with Crippen molar-refractivity contribution in [1.29, 1.82) is 0 Å². The molecule has 3 aromatic rings. The third-order valence-corrected chi connectivity index (χ3v) is 6.96. The first-order valence-electron chi connectivity index (χ1n) is 10.6. The van der Waals surface area contributed by atoms with E-state index in [2.05, 4.69) is 10.2 Å². The summed E-state index contributed by atoms with van der Waals surface area (Å²) >= 11 is 0. The van der Waals surface area contributed by atoms with E-state index in [1.165, 1.54) is 11.1 Å². The molecule has 1 atom stereocenters. The van der Waals surface area contributed by atoms with Crippen molar-refractivity contribution in [3.63, 3.8) is 0 Å². The van der Waals surface area contributed by atoms with Crippen LogP contribution in [0.3, 0.4) is 0 Å². The van der Waals surface area contributed by atoms with Gasteiger partial charge in [0.1, 0.15) is 23.8 Å². The maximum atomic E-state index is 13.2. The van der Waals surface area contributed by atoms with Crippen LogP contribution in [-0.2, 0) is 34.5 Å². The van der Waals surface area contributed by atoms with Crippen LogP contribution in [0.4, 0.5) is 8.78 Å². The summed E-state index contributed by atoms with van der Waals surface area (Å²) < 4.78 is 57.8. The number of aliphatic hydroxyl groups is 2. The Morgan fingerprint density at radius 3 is 2.63 bits per heavy atom. The first-order chi connectivity index (χ1) is 16.7. The Morgan fingerprint density at radius 2 is 1.94 bits per heavy atom. The highest BCUT2D eigenvalue weighted by molar-refractivity contribution is 7.89. The molecule has 1 unspecified atom stereocenters. The van der Waals surface area contributed by atoms with Crippen LogP contribution in [0.25, 0.3) is 0 Å². The number of para-hydroxylation sites is 1. The predicted octanol–water partition coefficient (Wildman–Crippen LogP) is 0.571. The monoisotopic (exact) mass is 511 g/mol. The lowest BCUT2D eigenvalue weighted by Gasteiger charge is -2.23. The maximum absolute atomic E-state index is 13.2. The topological polar surface area (TPSA) is 140 Å². The van der Waals surface area contributed by atoms with Crippen molar-refractivity contribution in [2.24, 2.45) is 0 Å². The third-order valence-electron chi connectivity index (χ3n) is 5.47. The number of hydrogen-bond acceptors (Lipinski definition) is 8. The van der Waals surface area contributed by atoms with Crippen molar-refractivity contribution in [3.05, 3.63) is 59.7 Å². The molecule has 188 valence electrons. The second kappa shape index (κ2) is 10.1. The number of hydrogen-bond donors (Lipinski definition) is 2. The van der Waals surface area contributed by atoms with Crippen LogP contribution in [0.1, 0.15) is 22.7 Å². The van der Waals surface area contributed by atoms with Gasteiger partial charge in [0.25, 0.3) is 16.4 Å². The molecule has 2 N–H and O–H groups in total. The molecule has 0 saturated carbocycles. The molecular formula is C21H23F2N5O6S. The van der Waals surface area contributed by atoms with Gasteiger partial charge in [-0.3, -0.25) is 9.48 Å². The molecular weight excluding hydrogens is 488 g/mol. The van der Waals surface area contributed by atoms with E-state index >= 15 is 0 Å². The standard InChI is InChI=1S/C21H23F2N5O6S/c22-20(23)12-27-10-15(7-24-27)35(32,33)28-9-14-8-26(11-18(14)25-28)21(31)17(13-30)16-3-1-2-4-19(16)34-6-5-29/h1-4,7,9-10,17,20,29-30H,5-6,8,11-13H2. The number of halogens is 2. The van der Waals surface area contributed by atoms with Crippen molar-refractivity contribution in [3.8, 4) is 5.75 Å². The van der Waals surface area contributed by atoms with Gasteiger partial charge >= 0.3 is 0 Å². The first-order valence-corrected chi connectivity index (χ1v) is 12.0. The molecule has 4 rings (SSSR count). The van der Waals surface area contributed by atoms with Crippen LogP contribution < -0.4 is 4.74 Å². The maximum Gasteiger partial charge on any atom is 0.286 e. The number of ether oxygens (including phenoxy) is 1. The number of carbonyl (C=O) groups excluding carboxylic acids is 1. The quantitative estimate of drug-likeness (QED) is 0.403. The van der Waals surface area contributed by atoms with Crippen molar-refractivity contribution < 1.29 is 36.9 Å². The van der Waals surface area contributed by atoms with Gasteiger partial charge in [0.2, 0.25) is 5.91 Å². The van der Waals surface area contributed by atoms with Crippen molar-refractivity contribution in [2.75, 3.05) is 19.8 Å². The van der Waals surface area contributed by atoms with E-state index in [4.69, 9.17) is 9.84 Å². The lowest BCUT2D eigenvalue weighted by molar-refractivity contribution is -0.134. The van der Waals surface area contributed by atoms with Crippen LogP contribution in [0.2, 0.25) is 0 Å². The normalized spacial score (nSPS) is 14.4. The van der Waals surface area contributed by atoms with E-state index in [-0.39, 0.29) is 31.2 Å². The highest BCUT2D eigenvalue weighted by Gasteiger charge is 2.34. The number of nitrogens with zero attached hydrogens (tertiary/aromatic N) is 5. The fourth-order valence-electron chi connectivity index (χ4n) is 3.82. The van der Waals surface area contributed by atoms with Gasteiger partial charge in [-0.05, 0) is 6.07 Å². The minimum atomic E-state index is -4.15. The lowest BCUT2D eigenvalue weighted by atomic mass is 9.97. The Hall–Kier alpha value is -3.36. The Morgan fingerprint density at radius 1 is 1.17 bits per heavy atom. The lowest BCUT2D eigenvalue weighted by Crippen LogP contribution is -2.33. The number of amides is 1. The fraction of sp³-hybridized carbons (Fsp3) is 0.381. The summed E-state index contributed by atoms with van der Waals surface area (Å²) in [7, 11) is -4.15. The Balaban J connectivity index is 1.50. The molecule has 3 heterocycles. The van der Waals surface area contributed by atoms with Gasteiger partial charge in [0, 0.05) is 30.1 Å². The molecule has 0 bridgehead atoms. The second-order valence-corrected chi connectivity index (χ2v) is 9.60. The number of alkyl halides is 2. The van der Waals surface area contributed by atoms with E-state index < -0.39 is 41.4 Å². The van der Waals surface area contributed by atoms with Gasteiger partial charge in [0.15, 0.2) is 0 Å². The summed E-state index contributed by atoms with van der Waals surface area (Å²) in [6, 6.07) is 6.70. The first kappa shape index (κ1) is 24.8. The van der Waals surface area contributed by atoms with E-state index in [1.807, 2.05) is 0 Å². The highest BCUT2D eigenvalue weighted by Crippen LogP contribution is 2.31. The number of fused-ring (bicyclic) bond motifs is 1. The summed E-state index contributed by atoms with van der Waals surface area (Å²) in [6.07, 6.45) is 0.571. The molecule has 0 radical (unpaired) electrons. The SMILES string of the molecule is O=C(C(CO)c1ccccc1OCCO)N1Cc2cn(S(=O)(=O)c3cnn(CC(F)F)c3)nc2C1. The largest absolute Gasteiger partial charge is 0.491 e. The molecule has 0 fully saturated rings. The minimum Gasteiger partial charge on any atom is -0.491 e. The summed E-state index contributed by atoms with van der Waals surface area (Å²) in [4.78, 5) is 14.4. The fourth-order valence-corrected chi connectivity index (χ4v) is 4.94. The average Bonchev–Trinajstić information content (AvgIpc) is 3.54. The minimum absolute atomic E-state index is 0.0253. The number of benzene rings is 1. The highest BCUT2D eigenvalue weighted by atomic mass is 32.2. The van der Waals surface area contributed by atoms with Crippen LogP contribution in [0.15, 0.2) is 47.8 Å². The second-order valence-electron chi connectivity index (χ2n) is 7.81. The molecule has 35 heavy (non-hydrogen) atoms. The van der Waals surface area contributed by atoms with Crippen LogP contribution in [0, 0.1) is 0 Å². The van der Waals surface area contributed by atoms with E-state index in [1.54, 1.807) is 24.3 Å². The summed E-state index contributed by atoms with van der Waals surface area (Å²) in [5, 5.41) is 26.7. The zero-order chi connectivity index (χ0) is 25.2. The summed E-state index contributed by atoms with van der Waals surface area (Å²) in [5.41, 5.74) is 1.33.